The lowest BCUT2D eigenvalue weighted by Gasteiger charge is -2.14. The minimum absolute atomic E-state index is 0.169. The summed E-state index contributed by atoms with van der Waals surface area (Å²) in [6, 6.07) is 15.1. The van der Waals surface area contributed by atoms with E-state index in [1.165, 1.54) is 22.8 Å². The Morgan fingerprint density at radius 2 is 1.65 bits per heavy atom. The molecule has 0 heterocycles. The summed E-state index contributed by atoms with van der Waals surface area (Å²) >= 11 is 0. The molecule has 1 nitrogen and oxygen atoms in total. The molecule has 90 valence electrons. The monoisotopic (exact) mass is 227 g/mol. The van der Waals surface area contributed by atoms with Gasteiger partial charge in [0, 0.05) is 6.04 Å². The number of hydrogen-bond donors (Lipinski definition) is 1. The summed E-state index contributed by atoms with van der Waals surface area (Å²) in [7, 11) is 0. The molecule has 0 saturated carbocycles. The lowest BCUT2D eigenvalue weighted by molar-refractivity contribution is 0.507. The van der Waals surface area contributed by atoms with Crippen molar-refractivity contribution in [3.05, 3.63) is 48.0 Å². The smallest absolute Gasteiger partial charge is 0.0295 e. The van der Waals surface area contributed by atoms with Crippen LogP contribution < -0.4 is 5.73 Å². The summed E-state index contributed by atoms with van der Waals surface area (Å²) < 4.78 is 0. The van der Waals surface area contributed by atoms with Crippen LogP contribution in [0.25, 0.3) is 10.8 Å². The lowest BCUT2D eigenvalue weighted by atomic mass is 9.96. The molecule has 2 aromatic rings. The first-order valence-electron chi connectivity index (χ1n) is 6.41. The van der Waals surface area contributed by atoms with Gasteiger partial charge in [0.2, 0.25) is 0 Å². The summed E-state index contributed by atoms with van der Waals surface area (Å²) in [4.78, 5) is 0. The zero-order valence-corrected chi connectivity index (χ0v) is 10.7. The minimum Gasteiger partial charge on any atom is -0.324 e. The average molecular weight is 227 g/mol. The first-order chi connectivity index (χ1) is 8.16. The van der Waals surface area contributed by atoms with Gasteiger partial charge in [-0.05, 0) is 41.2 Å². The van der Waals surface area contributed by atoms with Crippen molar-refractivity contribution in [2.24, 2.45) is 11.7 Å². The Hall–Kier alpha value is -1.34. The second-order valence-electron chi connectivity index (χ2n) is 5.18. The van der Waals surface area contributed by atoms with Crippen LogP contribution >= 0.6 is 0 Å². The molecule has 2 N–H and O–H groups in total. The fraction of sp³-hybridized carbons (Fsp3) is 0.375. The highest BCUT2D eigenvalue weighted by Crippen LogP contribution is 2.22. The molecule has 2 aromatic carbocycles. The molecule has 0 aliphatic rings. The normalized spacial score (nSPS) is 13.2. The van der Waals surface area contributed by atoms with E-state index in [0.717, 1.165) is 12.3 Å². The van der Waals surface area contributed by atoms with Gasteiger partial charge < -0.3 is 5.73 Å². The van der Waals surface area contributed by atoms with Gasteiger partial charge in [0.25, 0.3) is 0 Å². The van der Waals surface area contributed by atoms with Crippen LogP contribution in [-0.4, -0.2) is 0 Å². The van der Waals surface area contributed by atoms with Crippen molar-refractivity contribution >= 4 is 10.8 Å². The van der Waals surface area contributed by atoms with Crippen molar-refractivity contribution in [2.75, 3.05) is 0 Å². The molecule has 2 rings (SSSR count). The van der Waals surface area contributed by atoms with E-state index in [-0.39, 0.29) is 6.04 Å². The zero-order chi connectivity index (χ0) is 12.3. The molecular weight excluding hydrogens is 206 g/mol. The number of fused-ring (bicyclic) bond motifs is 1. The molecule has 0 aliphatic heterocycles. The second kappa shape index (κ2) is 5.33. The van der Waals surface area contributed by atoms with Crippen molar-refractivity contribution in [3.8, 4) is 0 Å². The first kappa shape index (κ1) is 12.1. The Morgan fingerprint density at radius 3 is 2.35 bits per heavy atom. The van der Waals surface area contributed by atoms with Gasteiger partial charge in [0.1, 0.15) is 0 Å². The van der Waals surface area contributed by atoms with Gasteiger partial charge in [-0.3, -0.25) is 0 Å². The van der Waals surface area contributed by atoms with E-state index in [1.54, 1.807) is 0 Å². The predicted molar refractivity (Wildman–Crippen MR) is 74.9 cm³/mol. The maximum Gasteiger partial charge on any atom is 0.0295 e. The maximum absolute atomic E-state index is 6.23. The van der Waals surface area contributed by atoms with Gasteiger partial charge >= 0.3 is 0 Å². The van der Waals surface area contributed by atoms with Crippen molar-refractivity contribution in [2.45, 2.75) is 32.7 Å². The van der Waals surface area contributed by atoms with E-state index in [4.69, 9.17) is 5.73 Å². The summed E-state index contributed by atoms with van der Waals surface area (Å²) in [6.45, 7) is 4.49. The molecule has 1 heteroatoms. The molecule has 0 fully saturated rings. The third kappa shape index (κ3) is 3.07. The Morgan fingerprint density at radius 1 is 0.941 bits per heavy atom. The Bertz CT molecular complexity index is 488. The molecule has 1 atom stereocenters. The van der Waals surface area contributed by atoms with E-state index in [9.17, 15) is 0 Å². The van der Waals surface area contributed by atoms with Gasteiger partial charge in [0.15, 0.2) is 0 Å². The number of benzene rings is 2. The second-order valence-corrected chi connectivity index (χ2v) is 5.18. The van der Waals surface area contributed by atoms with E-state index in [0.29, 0.717) is 0 Å². The fourth-order valence-corrected chi connectivity index (χ4v) is 2.12. The number of rotatable bonds is 4. The van der Waals surface area contributed by atoms with Crippen molar-refractivity contribution in [1.29, 1.82) is 0 Å². The van der Waals surface area contributed by atoms with Crippen LogP contribution in [0.15, 0.2) is 42.5 Å². The summed E-state index contributed by atoms with van der Waals surface area (Å²) in [6.07, 6.45) is 2.25. The van der Waals surface area contributed by atoms with Gasteiger partial charge in [0.05, 0.1) is 0 Å². The molecule has 0 spiro atoms. The molecule has 0 saturated heterocycles. The number of nitrogens with two attached hydrogens (primary N) is 1. The molecule has 0 aliphatic carbocycles. The molecule has 0 aromatic heterocycles. The van der Waals surface area contributed by atoms with Crippen molar-refractivity contribution in [3.63, 3.8) is 0 Å². The van der Waals surface area contributed by atoms with Gasteiger partial charge in [-0.1, -0.05) is 50.2 Å². The SMILES string of the molecule is CC(C)CCC(N)c1ccc2ccccc2c1. The highest BCUT2D eigenvalue weighted by atomic mass is 14.6. The number of hydrogen-bond acceptors (Lipinski definition) is 1. The fourth-order valence-electron chi connectivity index (χ4n) is 2.12. The summed E-state index contributed by atoms with van der Waals surface area (Å²) in [5.41, 5.74) is 7.49. The molecule has 17 heavy (non-hydrogen) atoms. The Balaban J connectivity index is 2.18. The summed E-state index contributed by atoms with van der Waals surface area (Å²) in [5.74, 6) is 0.724. The molecule has 0 radical (unpaired) electrons. The standard InChI is InChI=1S/C16H21N/c1-12(2)7-10-16(17)15-9-8-13-5-3-4-6-14(13)11-15/h3-6,8-9,11-12,16H,7,10,17H2,1-2H3. The van der Waals surface area contributed by atoms with E-state index >= 15 is 0 Å². The van der Waals surface area contributed by atoms with Crippen LogP contribution in [0.3, 0.4) is 0 Å². The molecular formula is C16H21N. The van der Waals surface area contributed by atoms with E-state index in [1.807, 2.05) is 0 Å². The summed E-state index contributed by atoms with van der Waals surface area (Å²) in [5, 5.41) is 2.57. The third-order valence-electron chi connectivity index (χ3n) is 3.26. The van der Waals surface area contributed by atoms with Crippen LogP contribution in [0.2, 0.25) is 0 Å². The molecule has 0 amide bonds. The third-order valence-corrected chi connectivity index (χ3v) is 3.26. The average Bonchev–Trinajstić information content (AvgIpc) is 2.35. The Kier molecular flexibility index (Phi) is 3.80. The van der Waals surface area contributed by atoms with Crippen molar-refractivity contribution in [1.82, 2.24) is 0 Å². The maximum atomic E-state index is 6.23. The first-order valence-corrected chi connectivity index (χ1v) is 6.41. The largest absolute Gasteiger partial charge is 0.324 e. The Labute approximate surface area is 104 Å². The van der Waals surface area contributed by atoms with Gasteiger partial charge in [-0.2, -0.15) is 0 Å². The topological polar surface area (TPSA) is 26.0 Å². The van der Waals surface area contributed by atoms with E-state index in [2.05, 4.69) is 56.3 Å². The predicted octanol–water partition coefficient (Wildman–Crippen LogP) is 4.28. The lowest BCUT2D eigenvalue weighted by Crippen LogP contribution is -2.11. The van der Waals surface area contributed by atoms with Gasteiger partial charge in [-0.15, -0.1) is 0 Å². The molecule has 0 bridgehead atoms. The molecule has 1 unspecified atom stereocenters. The van der Waals surface area contributed by atoms with Crippen LogP contribution in [0.5, 0.6) is 0 Å². The highest BCUT2D eigenvalue weighted by molar-refractivity contribution is 5.83. The minimum atomic E-state index is 0.169. The van der Waals surface area contributed by atoms with Gasteiger partial charge in [-0.25, -0.2) is 0 Å². The van der Waals surface area contributed by atoms with Crippen LogP contribution in [0.4, 0.5) is 0 Å². The van der Waals surface area contributed by atoms with Crippen molar-refractivity contribution < 1.29 is 0 Å². The van der Waals surface area contributed by atoms with Crippen LogP contribution in [-0.2, 0) is 0 Å². The van der Waals surface area contributed by atoms with Crippen LogP contribution in [0.1, 0.15) is 38.3 Å². The van der Waals surface area contributed by atoms with Crippen LogP contribution in [0, 0.1) is 5.92 Å². The highest BCUT2D eigenvalue weighted by Gasteiger charge is 2.07. The zero-order valence-electron chi connectivity index (χ0n) is 10.7. The quantitative estimate of drug-likeness (QED) is 0.829. The van der Waals surface area contributed by atoms with E-state index < -0.39 is 0 Å².